The molecule has 1 heterocycles. The van der Waals surface area contributed by atoms with Crippen molar-refractivity contribution in [2.24, 2.45) is 0 Å². The van der Waals surface area contributed by atoms with Crippen LogP contribution in [0.1, 0.15) is 11.1 Å². The van der Waals surface area contributed by atoms with Crippen molar-refractivity contribution >= 4 is 30.5 Å². The average Bonchev–Trinajstić information content (AvgIpc) is 2.27. The van der Waals surface area contributed by atoms with E-state index in [-0.39, 0.29) is 24.8 Å². The summed E-state index contributed by atoms with van der Waals surface area (Å²) >= 11 is 0. The van der Waals surface area contributed by atoms with Gasteiger partial charge in [-0.25, -0.2) is 0 Å². The first-order chi connectivity index (χ1) is 5.25. The first kappa shape index (κ1) is 12.6. The van der Waals surface area contributed by atoms with Crippen LogP contribution < -0.4 is 5.73 Å². The smallest absolute Gasteiger partial charge is 0.0317 e. The monoisotopic (exact) mass is 220 g/mol. The number of halogens is 2. The highest BCUT2D eigenvalue weighted by Gasteiger charge is 2.14. The molecule has 0 aliphatic carbocycles. The number of hydrogen-bond acceptors (Lipinski definition) is 2. The summed E-state index contributed by atoms with van der Waals surface area (Å²) in [7, 11) is 2.12. The molecule has 1 aliphatic rings. The fraction of sp³-hybridized carbons (Fsp3) is 0.333. The molecule has 2 nitrogen and oxygen atoms in total. The lowest BCUT2D eigenvalue weighted by Crippen LogP contribution is -2.07. The summed E-state index contributed by atoms with van der Waals surface area (Å²) in [5, 5.41) is 0. The van der Waals surface area contributed by atoms with Crippen LogP contribution >= 0.6 is 24.8 Å². The summed E-state index contributed by atoms with van der Waals surface area (Å²) < 4.78 is 0. The van der Waals surface area contributed by atoms with Crippen molar-refractivity contribution in [3.8, 4) is 0 Å². The first-order valence-corrected chi connectivity index (χ1v) is 3.81. The van der Waals surface area contributed by atoms with E-state index in [1.54, 1.807) is 0 Å². The SMILES string of the molecule is CN1Cc2ccc(N)cc2C1.Cl.Cl. The molecule has 0 aromatic heterocycles. The van der Waals surface area contributed by atoms with Gasteiger partial charge in [0.25, 0.3) is 0 Å². The fourth-order valence-electron chi connectivity index (χ4n) is 1.58. The highest BCUT2D eigenvalue weighted by atomic mass is 35.5. The van der Waals surface area contributed by atoms with E-state index < -0.39 is 0 Å². The Hall–Kier alpha value is -0.440. The zero-order valence-electron chi connectivity index (χ0n) is 7.49. The van der Waals surface area contributed by atoms with E-state index >= 15 is 0 Å². The Morgan fingerprint density at radius 3 is 2.46 bits per heavy atom. The van der Waals surface area contributed by atoms with Crippen molar-refractivity contribution in [3.05, 3.63) is 29.3 Å². The molecule has 0 spiro atoms. The normalized spacial score (nSPS) is 14.2. The zero-order chi connectivity index (χ0) is 7.84. The van der Waals surface area contributed by atoms with Crippen LogP contribution in [-0.2, 0) is 13.1 Å². The second kappa shape index (κ2) is 4.70. The molecule has 2 rings (SSSR count). The molecule has 1 aromatic rings. The second-order valence-corrected chi connectivity index (χ2v) is 3.20. The number of hydrogen-bond donors (Lipinski definition) is 1. The van der Waals surface area contributed by atoms with Gasteiger partial charge in [0, 0.05) is 18.8 Å². The minimum absolute atomic E-state index is 0. The Bertz CT molecular complexity index is 289. The summed E-state index contributed by atoms with van der Waals surface area (Å²) in [6.45, 7) is 2.11. The first-order valence-electron chi connectivity index (χ1n) is 3.81. The Morgan fingerprint density at radius 1 is 1.15 bits per heavy atom. The summed E-state index contributed by atoms with van der Waals surface area (Å²) in [6.07, 6.45) is 0. The minimum Gasteiger partial charge on any atom is -0.399 e. The maximum atomic E-state index is 5.66. The van der Waals surface area contributed by atoms with Gasteiger partial charge in [0.2, 0.25) is 0 Å². The van der Waals surface area contributed by atoms with Crippen LogP contribution in [0.2, 0.25) is 0 Å². The lowest BCUT2D eigenvalue weighted by atomic mass is 10.1. The van der Waals surface area contributed by atoms with Gasteiger partial charge in [0.05, 0.1) is 0 Å². The summed E-state index contributed by atoms with van der Waals surface area (Å²) in [6, 6.07) is 6.16. The number of nitrogens with two attached hydrogens (primary N) is 1. The maximum Gasteiger partial charge on any atom is 0.0317 e. The standard InChI is InChI=1S/C9H12N2.2ClH/c1-11-5-7-2-3-9(10)4-8(7)6-11;;/h2-4H,5-6,10H2,1H3;2*1H. The summed E-state index contributed by atoms with van der Waals surface area (Å²) in [5.41, 5.74) is 9.33. The van der Waals surface area contributed by atoms with E-state index in [2.05, 4.69) is 24.1 Å². The van der Waals surface area contributed by atoms with Crippen molar-refractivity contribution in [1.82, 2.24) is 4.90 Å². The lowest BCUT2D eigenvalue weighted by Gasteiger charge is -2.02. The van der Waals surface area contributed by atoms with Crippen LogP contribution in [0.25, 0.3) is 0 Å². The number of benzene rings is 1. The summed E-state index contributed by atoms with van der Waals surface area (Å²) in [5.74, 6) is 0. The Morgan fingerprint density at radius 2 is 1.77 bits per heavy atom. The van der Waals surface area contributed by atoms with E-state index in [0.717, 1.165) is 18.8 Å². The van der Waals surface area contributed by atoms with Crippen molar-refractivity contribution in [2.75, 3.05) is 12.8 Å². The van der Waals surface area contributed by atoms with Crippen molar-refractivity contribution in [2.45, 2.75) is 13.1 Å². The molecule has 0 saturated carbocycles. The molecule has 2 N–H and O–H groups in total. The van der Waals surface area contributed by atoms with Crippen LogP contribution in [0.4, 0.5) is 5.69 Å². The van der Waals surface area contributed by atoms with Crippen LogP contribution in [0, 0.1) is 0 Å². The van der Waals surface area contributed by atoms with E-state index in [1.807, 2.05) is 6.07 Å². The molecule has 1 aliphatic heterocycles. The third kappa shape index (κ3) is 2.50. The van der Waals surface area contributed by atoms with Crippen LogP contribution in [-0.4, -0.2) is 11.9 Å². The molecule has 0 radical (unpaired) electrons. The van der Waals surface area contributed by atoms with E-state index in [4.69, 9.17) is 5.73 Å². The zero-order valence-corrected chi connectivity index (χ0v) is 9.12. The van der Waals surface area contributed by atoms with Crippen LogP contribution in [0.15, 0.2) is 18.2 Å². The molecule has 0 amide bonds. The van der Waals surface area contributed by atoms with Crippen molar-refractivity contribution in [1.29, 1.82) is 0 Å². The Kier molecular flexibility index (Phi) is 4.54. The molecule has 74 valence electrons. The molecule has 4 heteroatoms. The van der Waals surface area contributed by atoms with Crippen molar-refractivity contribution < 1.29 is 0 Å². The third-order valence-electron chi connectivity index (χ3n) is 2.11. The van der Waals surface area contributed by atoms with Gasteiger partial charge in [-0.05, 0) is 30.3 Å². The molecule has 0 fully saturated rings. The third-order valence-corrected chi connectivity index (χ3v) is 2.11. The van der Waals surface area contributed by atoms with Crippen LogP contribution in [0.3, 0.4) is 0 Å². The molecule has 0 atom stereocenters. The highest BCUT2D eigenvalue weighted by molar-refractivity contribution is 5.85. The van der Waals surface area contributed by atoms with Crippen LogP contribution in [0.5, 0.6) is 0 Å². The van der Waals surface area contributed by atoms with Gasteiger partial charge >= 0.3 is 0 Å². The number of nitrogens with zero attached hydrogens (tertiary/aromatic N) is 1. The van der Waals surface area contributed by atoms with Gasteiger partial charge in [-0.15, -0.1) is 24.8 Å². The molecule has 1 aromatic carbocycles. The number of nitrogen functional groups attached to an aromatic ring is 1. The topological polar surface area (TPSA) is 29.3 Å². The Balaban J connectivity index is 0.000000720. The van der Waals surface area contributed by atoms with Gasteiger partial charge in [0.1, 0.15) is 0 Å². The molecule has 0 unspecified atom stereocenters. The van der Waals surface area contributed by atoms with E-state index in [1.165, 1.54) is 11.1 Å². The average molecular weight is 221 g/mol. The number of fused-ring (bicyclic) bond motifs is 1. The summed E-state index contributed by atoms with van der Waals surface area (Å²) in [4.78, 5) is 2.28. The van der Waals surface area contributed by atoms with Gasteiger partial charge in [-0.1, -0.05) is 6.07 Å². The highest BCUT2D eigenvalue weighted by Crippen LogP contribution is 2.22. The Labute approximate surface area is 90.9 Å². The van der Waals surface area contributed by atoms with Gasteiger partial charge in [0.15, 0.2) is 0 Å². The minimum atomic E-state index is 0. The molecular weight excluding hydrogens is 207 g/mol. The predicted octanol–water partition coefficient (Wildman–Crippen LogP) is 2.06. The second-order valence-electron chi connectivity index (χ2n) is 3.20. The number of rotatable bonds is 0. The molecule has 0 bridgehead atoms. The lowest BCUT2D eigenvalue weighted by molar-refractivity contribution is 0.353. The van der Waals surface area contributed by atoms with Gasteiger partial charge in [-0.2, -0.15) is 0 Å². The van der Waals surface area contributed by atoms with Gasteiger partial charge < -0.3 is 5.73 Å². The maximum absolute atomic E-state index is 5.66. The largest absolute Gasteiger partial charge is 0.399 e. The van der Waals surface area contributed by atoms with E-state index in [0.29, 0.717) is 0 Å². The van der Waals surface area contributed by atoms with Gasteiger partial charge in [-0.3, -0.25) is 4.90 Å². The number of anilines is 1. The van der Waals surface area contributed by atoms with Crippen molar-refractivity contribution in [3.63, 3.8) is 0 Å². The molecule has 0 saturated heterocycles. The fourth-order valence-corrected chi connectivity index (χ4v) is 1.58. The predicted molar refractivity (Wildman–Crippen MR) is 60.5 cm³/mol. The quantitative estimate of drug-likeness (QED) is 0.679. The van der Waals surface area contributed by atoms with E-state index in [9.17, 15) is 0 Å². The molecule has 13 heavy (non-hydrogen) atoms. The molecular formula is C9H14Cl2N2.